The molecule has 5 heteroatoms. The number of hydrogen-bond donors (Lipinski definition) is 1. The highest BCUT2D eigenvalue weighted by molar-refractivity contribution is 5.01. The van der Waals surface area contributed by atoms with Crippen LogP contribution < -0.4 is 0 Å². The first-order chi connectivity index (χ1) is 7.30. The summed E-state index contributed by atoms with van der Waals surface area (Å²) in [6.45, 7) is 9.94. The largest absolute Gasteiger partial charge is 0.388 e. The summed E-state index contributed by atoms with van der Waals surface area (Å²) >= 11 is 0. The van der Waals surface area contributed by atoms with E-state index in [1.807, 2.05) is 6.92 Å². The molecule has 2 heterocycles. The van der Waals surface area contributed by atoms with Crippen LogP contribution in [0, 0.1) is 12.3 Å². The second kappa shape index (κ2) is 3.53. The third-order valence-corrected chi connectivity index (χ3v) is 3.54. The van der Waals surface area contributed by atoms with Gasteiger partial charge in [-0.25, -0.2) is 0 Å². The van der Waals surface area contributed by atoms with Crippen LogP contribution in [-0.2, 0) is 6.54 Å². The van der Waals surface area contributed by atoms with Gasteiger partial charge in [-0.15, -0.1) is 0 Å². The monoisotopic (exact) mass is 225 g/mol. The lowest BCUT2D eigenvalue weighted by atomic mass is 9.79. The van der Waals surface area contributed by atoms with Crippen molar-refractivity contribution in [2.75, 3.05) is 13.1 Å². The zero-order chi connectivity index (χ0) is 12.0. The van der Waals surface area contributed by atoms with Gasteiger partial charge in [-0.2, -0.15) is 4.98 Å². The van der Waals surface area contributed by atoms with Gasteiger partial charge in [0.2, 0.25) is 5.89 Å². The standard InChI is InChI=1S/C11H19N3O2/c1-8-12-9(13-16-8)5-14-6-10(2,3)11(4,15)7-14/h15H,5-7H2,1-4H3/t11-/m0/s1. The Kier molecular flexibility index (Phi) is 2.55. The van der Waals surface area contributed by atoms with Gasteiger partial charge in [-0.3, -0.25) is 4.90 Å². The maximum Gasteiger partial charge on any atom is 0.223 e. The van der Waals surface area contributed by atoms with Crippen molar-refractivity contribution in [1.82, 2.24) is 15.0 Å². The van der Waals surface area contributed by atoms with E-state index in [-0.39, 0.29) is 5.41 Å². The van der Waals surface area contributed by atoms with Crippen LogP contribution >= 0.6 is 0 Å². The Balaban J connectivity index is 2.04. The smallest absolute Gasteiger partial charge is 0.223 e. The van der Waals surface area contributed by atoms with Gasteiger partial charge in [-0.05, 0) is 6.92 Å². The van der Waals surface area contributed by atoms with Gasteiger partial charge in [0.05, 0.1) is 12.1 Å². The summed E-state index contributed by atoms with van der Waals surface area (Å²) in [5.74, 6) is 1.27. The van der Waals surface area contributed by atoms with Crippen molar-refractivity contribution in [2.24, 2.45) is 5.41 Å². The Morgan fingerprint density at radius 3 is 2.50 bits per heavy atom. The van der Waals surface area contributed by atoms with Crippen LogP contribution in [0.1, 0.15) is 32.5 Å². The van der Waals surface area contributed by atoms with Crippen LogP contribution in [0.5, 0.6) is 0 Å². The highest BCUT2D eigenvalue weighted by Crippen LogP contribution is 2.38. The molecule has 0 bridgehead atoms. The topological polar surface area (TPSA) is 62.4 Å². The fourth-order valence-corrected chi connectivity index (χ4v) is 2.15. The van der Waals surface area contributed by atoms with E-state index in [0.717, 1.165) is 6.54 Å². The van der Waals surface area contributed by atoms with E-state index in [1.54, 1.807) is 6.92 Å². The molecule has 0 spiro atoms. The van der Waals surface area contributed by atoms with E-state index in [9.17, 15) is 5.11 Å². The lowest BCUT2D eigenvalue weighted by Gasteiger charge is -2.31. The molecule has 0 unspecified atom stereocenters. The third-order valence-electron chi connectivity index (χ3n) is 3.54. The van der Waals surface area contributed by atoms with Crippen molar-refractivity contribution in [1.29, 1.82) is 0 Å². The lowest BCUT2D eigenvalue weighted by molar-refractivity contribution is -0.0111. The molecule has 1 aliphatic rings. The van der Waals surface area contributed by atoms with Crippen LogP contribution in [-0.4, -0.2) is 38.8 Å². The highest BCUT2D eigenvalue weighted by atomic mass is 16.5. The van der Waals surface area contributed by atoms with Gasteiger partial charge in [0.15, 0.2) is 5.82 Å². The minimum absolute atomic E-state index is 0.105. The molecule has 1 aromatic rings. The second-order valence-corrected chi connectivity index (χ2v) is 5.53. The van der Waals surface area contributed by atoms with E-state index in [0.29, 0.717) is 24.8 Å². The van der Waals surface area contributed by atoms with Gasteiger partial charge in [-0.1, -0.05) is 19.0 Å². The average Bonchev–Trinajstić information content (AvgIpc) is 2.56. The number of β-amino-alcohol motifs (C(OH)–C–C–N with tert-alkyl or cyclic N) is 1. The first kappa shape index (κ1) is 11.5. The van der Waals surface area contributed by atoms with Crippen molar-refractivity contribution in [3.05, 3.63) is 11.7 Å². The van der Waals surface area contributed by atoms with Crippen LogP contribution in [0.4, 0.5) is 0 Å². The average molecular weight is 225 g/mol. The molecule has 16 heavy (non-hydrogen) atoms. The Bertz CT molecular complexity index is 368. The van der Waals surface area contributed by atoms with E-state index < -0.39 is 5.60 Å². The molecule has 2 rings (SSSR count). The third kappa shape index (κ3) is 1.97. The molecule has 0 amide bonds. The Morgan fingerprint density at radius 2 is 2.06 bits per heavy atom. The summed E-state index contributed by atoms with van der Waals surface area (Å²) < 4.78 is 4.93. The van der Waals surface area contributed by atoms with Crippen molar-refractivity contribution >= 4 is 0 Å². The fourth-order valence-electron chi connectivity index (χ4n) is 2.15. The van der Waals surface area contributed by atoms with Crippen molar-refractivity contribution in [3.63, 3.8) is 0 Å². The molecule has 0 radical (unpaired) electrons. The van der Waals surface area contributed by atoms with Crippen molar-refractivity contribution in [2.45, 2.75) is 39.8 Å². The quantitative estimate of drug-likeness (QED) is 0.812. The van der Waals surface area contributed by atoms with E-state index in [2.05, 4.69) is 28.9 Å². The number of aryl methyl sites for hydroxylation is 1. The van der Waals surface area contributed by atoms with Gasteiger partial charge in [0.1, 0.15) is 0 Å². The predicted octanol–water partition coefficient (Wildman–Crippen LogP) is 0.971. The van der Waals surface area contributed by atoms with Crippen molar-refractivity contribution < 1.29 is 9.63 Å². The molecule has 0 saturated carbocycles. The molecular weight excluding hydrogens is 206 g/mol. The van der Waals surface area contributed by atoms with E-state index >= 15 is 0 Å². The molecule has 1 aliphatic heterocycles. The molecule has 90 valence electrons. The zero-order valence-corrected chi connectivity index (χ0v) is 10.3. The molecule has 5 nitrogen and oxygen atoms in total. The summed E-state index contributed by atoms with van der Waals surface area (Å²) in [6, 6.07) is 0. The maximum atomic E-state index is 10.3. The van der Waals surface area contributed by atoms with Gasteiger partial charge in [0.25, 0.3) is 0 Å². The summed E-state index contributed by atoms with van der Waals surface area (Å²) in [6.07, 6.45) is 0. The number of aromatic nitrogens is 2. The van der Waals surface area contributed by atoms with Crippen molar-refractivity contribution in [3.8, 4) is 0 Å². The minimum atomic E-state index is -0.661. The number of aliphatic hydroxyl groups is 1. The fraction of sp³-hybridized carbons (Fsp3) is 0.818. The van der Waals surface area contributed by atoms with E-state index in [4.69, 9.17) is 4.52 Å². The molecular formula is C11H19N3O2. The maximum absolute atomic E-state index is 10.3. The van der Waals surface area contributed by atoms with Gasteiger partial charge < -0.3 is 9.63 Å². The number of rotatable bonds is 2. The SMILES string of the molecule is Cc1nc(CN2CC(C)(C)[C@@](C)(O)C2)no1. The first-order valence-electron chi connectivity index (χ1n) is 5.54. The minimum Gasteiger partial charge on any atom is -0.388 e. The normalized spacial score (nSPS) is 29.8. The lowest BCUT2D eigenvalue weighted by Crippen LogP contribution is -2.40. The Morgan fingerprint density at radius 1 is 1.38 bits per heavy atom. The summed E-state index contributed by atoms with van der Waals surface area (Å²) in [7, 11) is 0. The summed E-state index contributed by atoms with van der Waals surface area (Å²) in [5, 5.41) is 14.1. The molecule has 0 aliphatic carbocycles. The Hall–Kier alpha value is -0.940. The van der Waals surface area contributed by atoms with Crippen LogP contribution in [0.3, 0.4) is 0 Å². The first-order valence-corrected chi connectivity index (χ1v) is 5.54. The molecule has 1 saturated heterocycles. The molecule has 1 atom stereocenters. The van der Waals surface area contributed by atoms with Crippen LogP contribution in [0.15, 0.2) is 4.52 Å². The van der Waals surface area contributed by atoms with Gasteiger partial charge >= 0.3 is 0 Å². The van der Waals surface area contributed by atoms with Crippen LogP contribution in [0.25, 0.3) is 0 Å². The molecule has 1 fully saturated rings. The van der Waals surface area contributed by atoms with E-state index in [1.165, 1.54) is 0 Å². The summed E-state index contributed by atoms with van der Waals surface area (Å²) in [4.78, 5) is 6.33. The molecule has 0 aromatic carbocycles. The predicted molar refractivity (Wildman–Crippen MR) is 58.7 cm³/mol. The highest BCUT2D eigenvalue weighted by Gasteiger charge is 2.47. The number of nitrogens with zero attached hydrogens (tertiary/aromatic N) is 3. The zero-order valence-electron chi connectivity index (χ0n) is 10.3. The number of likely N-dealkylation sites (tertiary alicyclic amines) is 1. The molecule has 1 aromatic heterocycles. The second-order valence-electron chi connectivity index (χ2n) is 5.53. The Labute approximate surface area is 95.4 Å². The number of hydrogen-bond acceptors (Lipinski definition) is 5. The van der Waals surface area contributed by atoms with Crippen LogP contribution in [0.2, 0.25) is 0 Å². The summed E-state index contributed by atoms with van der Waals surface area (Å²) in [5.41, 5.74) is -0.766. The van der Waals surface area contributed by atoms with Gasteiger partial charge in [0, 0.05) is 25.4 Å². The molecule has 1 N–H and O–H groups in total.